The predicted octanol–water partition coefficient (Wildman–Crippen LogP) is 2.82. The van der Waals surface area contributed by atoms with E-state index in [2.05, 4.69) is 40.4 Å². The molecule has 6 nitrogen and oxygen atoms in total. The average molecular weight is 375 g/mol. The third kappa shape index (κ3) is 4.02. The Balaban J connectivity index is 2.15. The van der Waals surface area contributed by atoms with Crippen LogP contribution in [0.2, 0.25) is 18.1 Å². The summed E-state index contributed by atoms with van der Waals surface area (Å²) < 4.78 is 29.5. The van der Waals surface area contributed by atoms with Gasteiger partial charge in [0.2, 0.25) is 0 Å². The van der Waals surface area contributed by atoms with E-state index in [0.717, 1.165) is 0 Å². The lowest BCUT2D eigenvalue weighted by atomic mass is 9.92. The zero-order valence-electron chi connectivity index (χ0n) is 16.8. The van der Waals surface area contributed by atoms with E-state index in [9.17, 15) is 5.11 Å². The molecular formula is C18H34O6Si. The fourth-order valence-electron chi connectivity index (χ4n) is 2.91. The van der Waals surface area contributed by atoms with Gasteiger partial charge in [0.25, 0.3) is 0 Å². The van der Waals surface area contributed by atoms with Crippen LogP contribution in [0.3, 0.4) is 0 Å². The summed E-state index contributed by atoms with van der Waals surface area (Å²) in [5.41, 5.74) is -1.39. The Hall–Kier alpha value is -0.283. The van der Waals surface area contributed by atoms with Gasteiger partial charge >= 0.3 is 0 Å². The van der Waals surface area contributed by atoms with Crippen molar-refractivity contribution in [2.75, 3.05) is 13.7 Å². The van der Waals surface area contributed by atoms with Crippen LogP contribution in [0.4, 0.5) is 0 Å². The summed E-state index contributed by atoms with van der Waals surface area (Å²) in [5, 5.41) is 11.2. The van der Waals surface area contributed by atoms with Gasteiger partial charge in [0.1, 0.15) is 23.9 Å². The molecule has 0 amide bonds. The van der Waals surface area contributed by atoms with Crippen molar-refractivity contribution in [2.45, 2.75) is 88.7 Å². The van der Waals surface area contributed by atoms with Crippen molar-refractivity contribution in [2.24, 2.45) is 0 Å². The van der Waals surface area contributed by atoms with Gasteiger partial charge in [-0.25, -0.2) is 0 Å². The molecule has 0 unspecified atom stereocenters. The largest absolute Gasteiger partial charge is 0.413 e. The molecule has 0 radical (unpaired) electrons. The molecule has 7 heteroatoms. The van der Waals surface area contributed by atoms with Gasteiger partial charge in [-0.3, -0.25) is 0 Å². The lowest BCUT2D eigenvalue weighted by molar-refractivity contribution is -0.238. The maximum absolute atomic E-state index is 11.2. The van der Waals surface area contributed by atoms with Gasteiger partial charge in [-0.2, -0.15) is 0 Å². The van der Waals surface area contributed by atoms with Crippen molar-refractivity contribution in [1.29, 1.82) is 0 Å². The summed E-state index contributed by atoms with van der Waals surface area (Å²) >= 11 is 0. The number of hydrogen-bond acceptors (Lipinski definition) is 6. The fourth-order valence-corrected chi connectivity index (χ4v) is 3.93. The number of ether oxygens (including phenoxy) is 4. The zero-order chi connectivity index (χ0) is 19.3. The van der Waals surface area contributed by atoms with E-state index >= 15 is 0 Å². The Kier molecular flexibility index (Phi) is 5.64. The first kappa shape index (κ1) is 21.0. The van der Waals surface area contributed by atoms with E-state index in [0.29, 0.717) is 0 Å². The molecule has 0 aromatic heterocycles. The first-order valence-corrected chi connectivity index (χ1v) is 11.7. The second kappa shape index (κ2) is 6.71. The topological polar surface area (TPSA) is 66.4 Å². The molecule has 0 bridgehead atoms. The number of rotatable bonds is 6. The van der Waals surface area contributed by atoms with Crippen molar-refractivity contribution in [3.05, 3.63) is 12.7 Å². The van der Waals surface area contributed by atoms with Crippen LogP contribution in [0.15, 0.2) is 12.7 Å². The minimum atomic E-state index is -2.03. The van der Waals surface area contributed by atoms with E-state index in [1.807, 2.05) is 13.8 Å². The van der Waals surface area contributed by atoms with Crippen LogP contribution in [-0.4, -0.2) is 63.1 Å². The van der Waals surface area contributed by atoms with Gasteiger partial charge in [-0.15, -0.1) is 6.58 Å². The van der Waals surface area contributed by atoms with Crippen molar-refractivity contribution in [3.63, 3.8) is 0 Å². The number of fused-ring (bicyclic) bond motifs is 1. The Morgan fingerprint density at radius 3 is 2.32 bits per heavy atom. The molecule has 0 aromatic rings. The standard InChI is InChI=1S/C18H34O6Si/c1-10-18(19,11-21-25(8,9)16(2,3)4)14-12(20-7)13-15(22-14)24-17(5,6)23-13/h10,12-15,19H,1,11H2,2-9H3/t12-,13-,14+,15-,18-/m1/s1. The highest BCUT2D eigenvalue weighted by Crippen LogP contribution is 2.43. The summed E-state index contributed by atoms with van der Waals surface area (Å²) in [5.74, 6) is -0.735. The molecule has 0 saturated carbocycles. The third-order valence-corrected chi connectivity index (χ3v) is 10.1. The quantitative estimate of drug-likeness (QED) is 0.570. The van der Waals surface area contributed by atoms with Crippen molar-refractivity contribution < 1.29 is 28.5 Å². The molecule has 5 atom stereocenters. The number of methoxy groups -OCH3 is 1. The Morgan fingerprint density at radius 1 is 1.24 bits per heavy atom. The van der Waals surface area contributed by atoms with Crippen molar-refractivity contribution in [3.8, 4) is 0 Å². The first-order chi connectivity index (χ1) is 11.3. The second-order valence-corrected chi connectivity index (χ2v) is 13.8. The first-order valence-electron chi connectivity index (χ1n) is 8.80. The summed E-state index contributed by atoms with van der Waals surface area (Å²) in [4.78, 5) is 0. The monoisotopic (exact) mass is 374 g/mol. The molecular weight excluding hydrogens is 340 g/mol. The van der Waals surface area contributed by atoms with Crippen LogP contribution in [0.5, 0.6) is 0 Å². The molecule has 0 spiro atoms. The highest BCUT2D eigenvalue weighted by atomic mass is 28.4. The Bertz CT molecular complexity index is 500. The van der Waals surface area contributed by atoms with Gasteiger partial charge in [-0.05, 0) is 32.0 Å². The highest BCUT2D eigenvalue weighted by Gasteiger charge is 2.60. The number of aliphatic hydroxyl groups is 1. The summed E-state index contributed by atoms with van der Waals surface area (Å²) in [6, 6.07) is 0. The van der Waals surface area contributed by atoms with Crippen molar-refractivity contribution in [1.82, 2.24) is 0 Å². The Labute approximate surface area is 152 Å². The summed E-state index contributed by atoms with van der Waals surface area (Å²) in [7, 11) is -0.452. The lowest BCUT2D eigenvalue weighted by Crippen LogP contribution is -2.55. The molecule has 0 aromatic carbocycles. The van der Waals surface area contributed by atoms with Crippen LogP contribution in [-0.2, 0) is 23.4 Å². The van der Waals surface area contributed by atoms with E-state index in [4.69, 9.17) is 23.4 Å². The predicted molar refractivity (Wildman–Crippen MR) is 97.8 cm³/mol. The van der Waals surface area contributed by atoms with Gasteiger partial charge in [0, 0.05) is 7.11 Å². The number of hydrogen-bond donors (Lipinski definition) is 1. The van der Waals surface area contributed by atoms with Gasteiger partial charge in [0.05, 0.1) is 6.61 Å². The Morgan fingerprint density at radius 2 is 1.84 bits per heavy atom. The molecule has 2 aliphatic heterocycles. The molecule has 2 heterocycles. The molecule has 2 aliphatic rings. The normalized spacial score (nSPS) is 34.6. The maximum Gasteiger partial charge on any atom is 0.192 e. The van der Waals surface area contributed by atoms with E-state index < -0.39 is 44.3 Å². The van der Waals surface area contributed by atoms with E-state index in [1.165, 1.54) is 6.08 Å². The van der Waals surface area contributed by atoms with E-state index in [1.54, 1.807) is 7.11 Å². The molecule has 1 N–H and O–H groups in total. The third-order valence-electron chi connectivity index (χ3n) is 5.58. The summed E-state index contributed by atoms with van der Waals surface area (Å²) in [6.45, 7) is 18.3. The highest BCUT2D eigenvalue weighted by molar-refractivity contribution is 6.74. The minimum Gasteiger partial charge on any atom is -0.413 e. The maximum atomic E-state index is 11.2. The minimum absolute atomic E-state index is 0.0407. The molecule has 0 aliphatic carbocycles. The van der Waals surface area contributed by atoms with Gasteiger partial charge in [0.15, 0.2) is 20.4 Å². The van der Waals surface area contributed by atoms with Crippen LogP contribution in [0.25, 0.3) is 0 Å². The molecule has 2 saturated heterocycles. The van der Waals surface area contributed by atoms with Crippen LogP contribution >= 0.6 is 0 Å². The van der Waals surface area contributed by atoms with Crippen molar-refractivity contribution >= 4 is 8.32 Å². The van der Waals surface area contributed by atoms with Gasteiger partial charge < -0.3 is 28.5 Å². The SMILES string of the molecule is C=C[C@@](O)(CO[Si](C)(C)C(C)(C)C)[C@H]1O[C@@H]2OC(C)(C)O[C@@H]2[C@H]1OC. The molecule has 2 fully saturated rings. The average Bonchev–Trinajstić information content (AvgIpc) is 2.95. The fraction of sp³-hybridized carbons (Fsp3) is 0.889. The smallest absolute Gasteiger partial charge is 0.192 e. The van der Waals surface area contributed by atoms with Crippen LogP contribution < -0.4 is 0 Å². The molecule has 146 valence electrons. The summed E-state index contributed by atoms with van der Waals surface area (Å²) in [6.07, 6.45) is -0.652. The lowest BCUT2D eigenvalue weighted by Gasteiger charge is -2.41. The van der Waals surface area contributed by atoms with Crippen LogP contribution in [0.1, 0.15) is 34.6 Å². The molecule has 2 rings (SSSR count). The van der Waals surface area contributed by atoms with E-state index in [-0.39, 0.29) is 11.6 Å². The van der Waals surface area contributed by atoms with Crippen LogP contribution in [0, 0.1) is 0 Å². The molecule has 25 heavy (non-hydrogen) atoms. The second-order valence-electron chi connectivity index (χ2n) is 8.97. The zero-order valence-corrected chi connectivity index (χ0v) is 17.8. The van der Waals surface area contributed by atoms with Gasteiger partial charge in [-0.1, -0.05) is 26.8 Å².